The summed E-state index contributed by atoms with van der Waals surface area (Å²) in [5, 5.41) is 0. The van der Waals surface area contributed by atoms with Gasteiger partial charge in [0.2, 0.25) is 5.78 Å². The van der Waals surface area contributed by atoms with Gasteiger partial charge in [0, 0.05) is 5.56 Å². The Morgan fingerprint density at radius 3 is 2.22 bits per heavy atom. The standard InChI is InChI=1S/C25H15F3N4/c26-25(27,28)18-9-6-12-22-23(18)31(24-30-20-10-4-5-11-21(20)32(22)24)17-13-14-19(29-15-17)16-7-2-1-3-8-16/h1-15H. The highest BCUT2D eigenvalue weighted by atomic mass is 19.4. The molecular formula is C25H15F3N4. The first kappa shape index (κ1) is 18.6. The van der Waals surface area contributed by atoms with Gasteiger partial charge in [0.15, 0.2) is 0 Å². The molecule has 3 aromatic carbocycles. The minimum absolute atomic E-state index is 0.0579. The fourth-order valence-electron chi connectivity index (χ4n) is 4.22. The van der Waals surface area contributed by atoms with Crippen molar-refractivity contribution in [3.8, 4) is 16.9 Å². The SMILES string of the molecule is FC(F)(F)c1cccc2c1n(-c1ccc(-c3ccccc3)nc1)c1nc3ccccc3n21. The molecule has 0 aliphatic heterocycles. The molecule has 156 valence electrons. The molecule has 32 heavy (non-hydrogen) atoms. The molecule has 7 heteroatoms. The van der Waals surface area contributed by atoms with E-state index in [9.17, 15) is 13.2 Å². The molecule has 0 spiro atoms. The van der Waals surface area contributed by atoms with Gasteiger partial charge in [0.1, 0.15) is 0 Å². The summed E-state index contributed by atoms with van der Waals surface area (Å²) in [6, 6.07) is 24.9. The molecular weight excluding hydrogens is 413 g/mol. The number of fused-ring (bicyclic) bond motifs is 5. The number of para-hydroxylation sites is 3. The van der Waals surface area contributed by atoms with Crippen molar-refractivity contribution < 1.29 is 13.2 Å². The highest BCUT2D eigenvalue weighted by molar-refractivity contribution is 5.93. The molecule has 0 N–H and O–H groups in total. The van der Waals surface area contributed by atoms with E-state index in [2.05, 4.69) is 9.97 Å². The van der Waals surface area contributed by atoms with Crippen molar-refractivity contribution in [2.24, 2.45) is 0 Å². The lowest BCUT2D eigenvalue weighted by atomic mass is 10.1. The highest BCUT2D eigenvalue weighted by Gasteiger charge is 2.35. The molecule has 0 amide bonds. The van der Waals surface area contributed by atoms with Crippen molar-refractivity contribution in [1.29, 1.82) is 0 Å². The number of nitrogens with zero attached hydrogens (tertiary/aromatic N) is 4. The maximum atomic E-state index is 14.0. The van der Waals surface area contributed by atoms with Crippen LogP contribution in [0.5, 0.6) is 0 Å². The first-order valence-electron chi connectivity index (χ1n) is 10.0. The third-order valence-corrected chi connectivity index (χ3v) is 5.60. The molecule has 0 saturated carbocycles. The maximum absolute atomic E-state index is 14.0. The second kappa shape index (κ2) is 6.68. The zero-order valence-electron chi connectivity index (χ0n) is 16.6. The average molecular weight is 428 g/mol. The van der Waals surface area contributed by atoms with E-state index >= 15 is 0 Å². The fraction of sp³-hybridized carbons (Fsp3) is 0.0400. The molecule has 0 aliphatic carbocycles. The first-order valence-corrected chi connectivity index (χ1v) is 10.0. The number of imidazole rings is 2. The van der Waals surface area contributed by atoms with Gasteiger partial charge < -0.3 is 0 Å². The van der Waals surface area contributed by atoms with E-state index in [1.54, 1.807) is 27.3 Å². The zero-order valence-corrected chi connectivity index (χ0v) is 16.6. The van der Waals surface area contributed by atoms with Crippen LogP contribution in [-0.2, 0) is 6.18 Å². The van der Waals surface area contributed by atoms with Crippen LogP contribution in [0.1, 0.15) is 5.56 Å². The zero-order chi connectivity index (χ0) is 21.9. The largest absolute Gasteiger partial charge is 0.418 e. The second-order valence-corrected chi connectivity index (χ2v) is 7.51. The molecule has 0 unspecified atom stereocenters. The minimum atomic E-state index is -4.51. The monoisotopic (exact) mass is 428 g/mol. The normalized spacial score (nSPS) is 12.2. The quantitative estimate of drug-likeness (QED) is 0.315. The van der Waals surface area contributed by atoms with E-state index < -0.39 is 11.7 Å². The van der Waals surface area contributed by atoms with Crippen LogP contribution in [-0.4, -0.2) is 18.9 Å². The molecule has 6 aromatic rings. The van der Waals surface area contributed by atoms with Crippen LogP contribution in [0.4, 0.5) is 13.2 Å². The van der Waals surface area contributed by atoms with E-state index in [1.807, 2.05) is 60.7 Å². The van der Waals surface area contributed by atoms with Crippen molar-refractivity contribution in [1.82, 2.24) is 18.9 Å². The lowest BCUT2D eigenvalue weighted by Crippen LogP contribution is -2.08. The summed E-state index contributed by atoms with van der Waals surface area (Å²) < 4.78 is 45.3. The van der Waals surface area contributed by atoms with Gasteiger partial charge in [0.05, 0.1) is 45.2 Å². The molecule has 3 aromatic heterocycles. The van der Waals surface area contributed by atoms with Gasteiger partial charge in [-0.15, -0.1) is 0 Å². The molecule has 4 nitrogen and oxygen atoms in total. The number of halogens is 3. The number of aromatic nitrogens is 4. The lowest BCUT2D eigenvalue weighted by Gasteiger charge is -2.12. The van der Waals surface area contributed by atoms with Crippen LogP contribution in [0, 0.1) is 0 Å². The minimum Gasteiger partial charge on any atom is -0.276 e. The third kappa shape index (κ3) is 2.71. The van der Waals surface area contributed by atoms with Crippen LogP contribution >= 0.6 is 0 Å². The number of rotatable bonds is 2. The Morgan fingerprint density at radius 2 is 1.47 bits per heavy atom. The first-order chi connectivity index (χ1) is 15.5. The predicted molar refractivity (Wildman–Crippen MR) is 118 cm³/mol. The van der Waals surface area contributed by atoms with Gasteiger partial charge in [-0.05, 0) is 36.4 Å². The molecule has 0 bridgehead atoms. The summed E-state index contributed by atoms with van der Waals surface area (Å²) >= 11 is 0. The van der Waals surface area contributed by atoms with Gasteiger partial charge >= 0.3 is 6.18 Å². The molecule has 0 saturated heterocycles. The van der Waals surface area contributed by atoms with E-state index in [-0.39, 0.29) is 5.52 Å². The molecule has 6 rings (SSSR count). The van der Waals surface area contributed by atoms with Crippen molar-refractivity contribution in [2.45, 2.75) is 6.18 Å². The topological polar surface area (TPSA) is 35.1 Å². The Hall–Kier alpha value is -4.13. The number of alkyl halides is 3. The van der Waals surface area contributed by atoms with Crippen LogP contribution in [0.2, 0.25) is 0 Å². The van der Waals surface area contributed by atoms with Gasteiger partial charge in [-0.3, -0.25) is 14.0 Å². The Morgan fingerprint density at radius 1 is 0.719 bits per heavy atom. The van der Waals surface area contributed by atoms with E-state index in [1.165, 1.54) is 6.07 Å². The third-order valence-electron chi connectivity index (χ3n) is 5.60. The summed E-state index contributed by atoms with van der Waals surface area (Å²) in [5.41, 5.74) is 3.44. The summed E-state index contributed by atoms with van der Waals surface area (Å²) in [5.74, 6) is 0.409. The van der Waals surface area contributed by atoms with Gasteiger partial charge in [0.25, 0.3) is 0 Å². The van der Waals surface area contributed by atoms with Crippen molar-refractivity contribution in [2.75, 3.05) is 0 Å². The van der Waals surface area contributed by atoms with Crippen molar-refractivity contribution in [3.63, 3.8) is 0 Å². The van der Waals surface area contributed by atoms with Crippen LogP contribution in [0.3, 0.4) is 0 Å². The molecule has 0 fully saturated rings. The molecule has 0 atom stereocenters. The maximum Gasteiger partial charge on any atom is 0.418 e. The number of hydrogen-bond donors (Lipinski definition) is 0. The number of benzene rings is 3. The molecule has 0 radical (unpaired) electrons. The summed E-state index contributed by atoms with van der Waals surface area (Å²) in [6.07, 6.45) is -2.92. The van der Waals surface area contributed by atoms with E-state index in [0.717, 1.165) is 22.8 Å². The molecule has 0 aliphatic rings. The predicted octanol–water partition coefficient (Wildman–Crippen LogP) is 6.51. The van der Waals surface area contributed by atoms with E-state index in [0.29, 0.717) is 22.5 Å². The molecule has 3 heterocycles. The Bertz CT molecular complexity index is 1590. The van der Waals surface area contributed by atoms with Crippen molar-refractivity contribution >= 4 is 27.8 Å². The summed E-state index contributed by atoms with van der Waals surface area (Å²) in [7, 11) is 0. The van der Waals surface area contributed by atoms with Crippen molar-refractivity contribution in [3.05, 3.63) is 96.7 Å². The number of pyridine rings is 1. The Kier molecular flexibility index (Phi) is 3.89. The Labute approximate surface area is 180 Å². The second-order valence-electron chi connectivity index (χ2n) is 7.51. The Balaban J connectivity index is 1.69. The van der Waals surface area contributed by atoms with Crippen LogP contribution in [0.15, 0.2) is 91.1 Å². The lowest BCUT2D eigenvalue weighted by molar-refractivity contribution is -0.136. The number of hydrogen-bond acceptors (Lipinski definition) is 2. The van der Waals surface area contributed by atoms with Crippen LogP contribution in [0.25, 0.3) is 44.8 Å². The smallest absolute Gasteiger partial charge is 0.276 e. The van der Waals surface area contributed by atoms with Gasteiger partial charge in [-0.1, -0.05) is 48.5 Å². The van der Waals surface area contributed by atoms with Gasteiger partial charge in [-0.2, -0.15) is 13.2 Å². The summed E-state index contributed by atoms with van der Waals surface area (Å²) in [6.45, 7) is 0. The average Bonchev–Trinajstić information content (AvgIpc) is 3.33. The van der Waals surface area contributed by atoms with E-state index in [4.69, 9.17) is 0 Å². The summed E-state index contributed by atoms with van der Waals surface area (Å²) in [4.78, 5) is 9.19. The highest BCUT2D eigenvalue weighted by Crippen LogP contribution is 2.38. The fourth-order valence-corrected chi connectivity index (χ4v) is 4.22. The van der Waals surface area contributed by atoms with Crippen LogP contribution < -0.4 is 0 Å². The van der Waals surface area contributed by atoms with Gasteiger partial charge in [-0.25, -0.2) is 4.98 Å².